The molecule has 1 aromatic carbocycles. The van der Waals surface area contributed by atoms with Crippen LogP contribution >= 0.6 is 11.3 Å². The molecule has 0 bridgehead atoms. The molecule has 3 heterocycles. The quantitative estimate of drug-likeness (QED) is 0.426. The van der Waals surface area contributed by atoms with Gasteiger partial charge in [0, 0.05) is 36.8 Å². The third kappa shape index (κ3) is 5.19. The Morgan fingerprint density at radius 2 is 2.03 bits per heavy atom. The first-order chi connectivity index (χ1) is 15.5. The number of ether oxygens (including phenoxy) is 1. The highest BCUT2D eigenvalue weighted by molar-refractivity contribution is 7.13. The predicted molar refractivity (Wildman–Crippen MR) is 131 cm³/mol. The van der Waals surface area contributed by atoms with Gasteiger partial charge in [0.05, 0.1) is 6.10 Å². The average Bonchev–Trinajstić information content (AvgIpc) is 3.50. The summed E-state index contributed by atoms with van der Waals surface area (Å²) in [6.45, 7) is 9.60. The Morgan fingerprint density at radius 3 is 2.72 bits per heavy atom. The van der Waals surface area contributed by atoms with E-state index in [0.29, 0.717) is 11.6 Å². The molecule has 0 radical (unpaired) electrons. The molecule has 2 aromatic heterocycles. The lowest BCUT2D eigenvalue weighted by Crippen LogP contribution is -2.37. The number of anilines is 1. The summed E-state index contributed by atoms with van der Waals surface area (Å²) in [5.74, 6) is 0.432. The number of carbonyl (C=O) groups excluding carboxylic acids is 1. The molecule has 0 amide bonds. The first-order valence-electron chi connectivity index (χ1n) is 11.3. The maximum absolute atomic E-state index is 12.6. The van der Waals surface area contributed by atoms with Gasteiger partial charge >= 0.3 is 5.97 Å². The maximum atomic E-state index is 12.6. The second kappa shape index (κ2) is 10.3. The van der Waals surface area contributed by atoms with Crippen LogP contribution in [0, 0.1) is 0 Å². The Kier molecular flexibility index (Phi) is 7.22. The summed E-state index contributed by atoms with van der Waals surface area (Å²) in [4.78, 5) is 23.1. The van der Waals surface area contributed by atoms with Gasteiger partial charge in [-0.1, -0.05) is 37.3 Å². The fourth-order valence-corrected chi connectivity index (χ4v) is 5.00. The van der Waals surface area contributed by atoms with E-state index in [0.717, 1.165) is 38.4 Å². The molecule has 168 valence electrons. The zero-order valence-corrected chi connectivity index (χ0v) is 19.8. The van der Waals surface area contributed by atoms with Crippen LogP contribution < -0.4 is 4.90 Å². The van der Waals surface area contributed by atoms with Crippen molar-refractivity contribution in [1.82, 2.24) is 9.88 Å². The number of nitrogens with zero attached hydrogens (tertiary/aromatic N) is 3. The number of pyridine rings is 1. The van der Waals surface area contributed by atoms with E-state index in [9.17, 15) is 4.79 Å². The van der Waals surface area contributed by atoms with Crippen molar-refractivity contribution in [3.8, 4) is 10.4 Å². The molecule has 1 unspecified atom stereocenters. The van der Waals surface area contributed by atoms with Crippen LogP contribution in [0.4, 0.5) is 5.82 Å². The van der Waals surface area contributed by atoms with Gasteiger partial charge in [-0.2, -0.15) is 0 Å². The fourth-order valence-electron chi connectivity index (χ4n) is 4.27. The maximum Gasteiger partial charge on any atom is 0.342 e. The Labute approximate surface area is 194 Å². The number of rotatable bonds is 8. The molecule has 1 atom stereocenters. The van der Waals surface area contributed by atoms with Crippen LogP contribution in [0.3, 0.4) is 0 Å². The summed E-state index contributed by atoms with van der Waals surface area (Å²) in [6.07, 6.45) is 2.65. The molecule has 1 aliphatic rings. The van der Waals surface area contributed by atoms with Gasteiger partial charge < -0.3 is 9.64 Å². The van der Waals surface area contributed by atoms with Gasteiger partial charge in [0.1, 0.15) is 11.4 Å². The van der Waals surface area contributed by atoms with E-state index in [-0.39, 0.29) is 12.1 Å². The third-order valence-electron chi connectivity index (χ3n) is 5.88. The van der Waals surface area contributed by atoms with E-state index >= 15 is 0 Å². The lowest BCUT2D eigenvalue weighted by molar-refractivity contribution is 0.0378. The zero-order valence-electron chi connectivity index (χ0n) is 19.0. The van der Waals surface area contributed by atoms with Crippen molar-refractivity contribution in [3.63, 3.8) is 0 Å². The summed E-state index contributed by atoms with van der Waals surface area (Å²) >= 11 is 1.77. The highest BCUT2D eigenvalue weighted by Gasteiger charge is 2.30. The van der Waals surface area contributed by atoms with Gasteiger partial charge in [-0.25, -0.2) is 9.78 Å². The van der Waals surface area contributed by atoms with Crippen LogP contribution in [0.2, 0.25) is 0 Å². The van der Waals surface area contributed by atoms with E-state index < -0.39 is 0 Å². The number of benzene rings is 1. The molecule has 0 aliphatic carbocycles. The molecule has 0 saturated carbocycles. The number of carbonyl (C=O) groups is 1. The summed E-state index contributed by atoms with van der Waals surface area (Å²) < 4.78 is 5.43. The zero-order chi connectivity index (χ0) is 22.5. The highest BCUT2D eigenvalue weighted by atomic mass is 32.1. The fraction of sp³-hybridized carbons (Fsp3) is 0.385. The minimum Gasteiger partial charge on any atom is -0.459 e. The SMILES string of the molecule is CCN(Cc1ccc(-c2cccs2)cc1)C1CCN(c2ncccc2C(=O)OC(C)C)C1. The minimum absolute atomic E-state index is 0.149. The van der Waals surface area contributed by atoms with Crippen LogP contribution in [0.25, 0.3) is 10.4 Å². The Morgan fingerprint density at radius 1 is 1.22 bits per heavy atom. The largest absolute Gasteiger partial charge is 0.459 e. The van der Waals surface area contributed by atoms with Crippen molar-refractivity contribution in [1.29, 1.82) is 0 Å². The Bertz CT molecular complexity index is 1020. The van der Waals surface area contributed by atoms with Crippen LogP contribution in [0.5, 0.6) is 0 Å². The smallest absolute Gasteiger partial charge is 0.342 e. The molecule has 3 aromatic rings. The number of hydrogen-bond donors (Lipinski definition) is 0. The van der Waals surface area contributed by atoms with Crippen molar-refractivity contribution in [2.45, 2.75) is 45.9 Å². The second-order valence-corrected chi connectivity index (χ2v) is 9.40. The van der Waals surface area contributed by atoms with Crippen molar-refractivity contribution in [2.24, 2.45) is 0 Å². The molecule has 4 rings (SSSR count). The highest BCUT2D eigenvalue weighted by Crippen LogP contribution is 2.28. The van der Waals surface area contributed by atoms with Crippen LogP contribution in [0.1, 0.15) is 43.1 Å². The molecule has 6 heteroatoms. The first kappa shape index (κ1) is 22.5. The minimum atomic E-state index is -0.301. The molecular formula is C26H31N3O2S. The van der Waals surface area contributed by atoms with Crippen LogP contribution in [-0.2, 0) is 11.3 Å². The van der Waals surface area contributed by atoms with Crippen molar-refractivity contribution in [3.05, 3.63) is 71.2 Å². The molecular weight excluding hydrogens is 418 g/mol. The lowest BCUT2D eigenvalue weighted by Gasteiger charge is -2.28. The van der Waals surface area contributed by atoms with E-state index in [1.165, 1.54) is 16.0 Å². The van der Waals surface area contributed by atoms with Gasteiger partial charge in [0.2, 0.25) is 0 Å². The monoisotopic (exact) mass is 449 g/mol. The topological polar surface area (TPSA) is 45.7 Å². The van der Waals surface area contributed by atoms with E-state index in [1.54, 1.807) is 23.6 Å². The molecule has 1 fully saturated rings. The summed E-state index contributed by atoms with van der Waals surface area (Å²) in [5.41, 5.74) is 3.15. The number of esters is 1. The number of aromatic nitrogens is 1. The summed E-state index contributed by atoms with van der Waals surface area (Å²) in [5, 5.41) is 2.11. The molecule has 1 saturated heterocycles. The Balaban J connectivity index is 1.43. The standard InChI is InChI=1S/C26H31N3O2S/c1-4-28(17-20-9-11-21(12-10-20)24-8-6-16-32-24)22-13-15-29(18-22)25-23(7-5-14-27-25)26(30)31-19(2)3/h5-12,14,16,19,22H,4,13,15,17-18H2,1-3H3. The Hall–Kier alpha value is -2.70. The van der Waals surface area contributed by atoms with Gasteiger partial charge in [-0.05, 0) is 61.5 Å². The molecule has 32 heavy (non-hydrogen) atoms. The van der Waals surface area contributed by atoms with E-state index in [4.69, 9.17) is 4.74 Å². The van der Waals surface area contributed by atoms with Crippen LogP contribution in [0.15, 0.2) is 60.1 Å². The third-order valence-corrected chi connectivity index (χ3v) is 6.80. The normalized spacial score (nSPS) is 16.2. The number of likely N-dealkylation sites (N-methyl/N-ethyl adjacent to an activating group) is 1. The molecule has 0 spiro atoms. The average molecular weight is 450 g/mol. The molecule has 0 N–H and O–H groups in total. The van der Waals surface area contributed by atoms with E-state index in [2.05, 4.69) is 63.5 Å². The van der Waals surface area contributed by atoms with Gasteiger partial charge in [0.25, 0.3) is 0 Å². The lowest BCUT2D eigenvalue weighted by atomic mass is 10.1. The van der Waals surface area contributed by atoms with Gasteiger partial charge in [0.15, 0.2) is 0 Å². The number of thiophene rings is 1. The molecule has 1 aliphatic heterocycles. The van der Waals surface area contributed by atoms with Gasteiger partial charge in [-0.3, -0.25) is 4.90 Å². The first-order valence-corrected chi connectivity index (χ1v) is 12.2. The van der Waals surface area contributed by atoms with Crippen molar-refractivity contribution < 1.29 is 9.53 Å². The second-order valence-electron chi connectivity index (χ2n) is 8.45. The van der Waals surface area contributed by atoms with Crippen molar-refractivity contribution >= 4 is 23.1 Å². The summed E-state index contributed by atoms with van der Waals surface area (Å²) in [6, 6.07) is 17.2. The summed E-state index contributed by atoms with van der Waals surface area (Å²) in [7, 11) is 0. The van der Waals surface area contributed by atoms with Crippen molar-refractivity contribution in [2.75, 3.05) is 24.5 Å². The van der Waals surface area contributed by atoms with Crippen LogP contribution in [-0.4, -0.2) is 47.6 Å². The number of hydrogen-bond acceptors (Lipinski definition) is 6. The predicted octanol–water partition coefficient (Wildman–Crippen LogP) is 5.48. The van der Waals surface area contributed by atoms with Gasteiger partial charge in [-0.15, -0.1) is 11.3 Å². The molecule has 5 nitrogen and oxygen atoms in total. The van der Waals surface area contributed by atoms with E-state index in [1.807, 2.05) is 19.9 Å².